The number of esters is 1. The zero-order chi connectivity index (χ0) is 71.3. The fourth-order valence-electron chi connectivity index (χ4n) is 14.1. The highest BCUT2D eigenvalue weighted by Crippen LogP contribution is 2.49. The number of ether oxygens (including phenoxy) is 4. The number of nitrogens with zero attached hydrogens (tertiary/aromatic N) is 5. The summed E-state index contributed by atoms with van der Waals surface area (Å²) in [5.74, 6) is -1.73. The van der Waals surface area contributed by atoms with E-state index in [1.165, 1.54) is 29.8 Å². The maximum absolute atomic E-state index is 14.2. The summed E-state index contributed by atoms with van der Waals surface area (Å²) in [5.41, 5.74) is 2.40. The minimum atomic E-state index is -5.15. The number of para-hydroxylation sites is 1. The summed E-state index contributed by atoms with van der Waals surface area (Å²) in [5, 5.41) is 6.36. The van der Waals surface area contributed by atoms with E-state index in [4.69, 9.17) is 18.9 Å². The molecule has 3 heterocycles. The highest BCUT2D eigenvalue weighted by atomic mass is 19.4. The Morgan fingerprint density at radius 2 is 1.29 bits per heavy atom. The Balaban J connectivity index is 0.557. The summed E-state index contributed by atoms with van der Waals surface area (Å²) in [6.07, 6.45) is -5.43. The lowest BCUT2D eigenvalue weighted by Crippen LogP contribution is -2.50. The van der Waals surface area contributed by atoms with Gasteiger partial charge in [0.15, 0.2) is 0 Å². The lowest BCUT2D eigenvalue weighted by molar-refractivity contribution is -0.143. The van der Waals surface area contributed by atoms with Gasteiger partial charge in [-0.1, -0.05) is 116 Å². The molecule has 11 rings (SSSR count). The third kappa shape index (κ3) is 18.8. The van der Waals surface area contributed by atoms with Crippen LogP contribution in [0, 0.1) is 5.82 Å². The van der Waals surface area contributed by atoms with Gasteiger partial charge in [0.25, 0.3) is 11.8 Å². The molecule has 7 aromatic rings. The first-order chi connectivity index (χ1) is 48.5. The minimum Gasteiger partial charge on any atom is -0.446 e. The van der Waals surface area contributed by atoms with Gasteiger partial charge in [0.2, 0.25) is 5.91 Å². The average Bonchev–Trinajstić information content (AvgIpc) is 1.58. The van der Waals surface area contributed by atoms with Gasteiger partial charge >= 0.3 is 24.4 Å². The van der Waals surface area contributed by atoms with Crippen LogP contribution in [0.1, 0.15) is 117 Å². The number of likely N-dealkylation sites (tertiary alicyclic amines) is 2. The van der Waals surface area contributed by atoms with E-state index in [0.717, 1.165) is 45.8 Å². The van der Waals surface area contributed by atoms with Gasteiger partial charge in [-0.15, -0.1) is 0 Å². The summed E-state index contributed by atoms with van der Waals surface area (Å²) in [6.45, 7) is 5.30. The van der Waals surface area contributed by atoms with E-state index in [-0.39, 0.29) is 62.1 Å². The molecule has 0 radical (unpaired) electrons. The summed E-state index contributed by atoms with van der Waals surface area (Å²) in [7, 11) is 3.55. The number of rotatable bonds is 26. The molecule has 0 saturated carbocycles. The SMILES string of the molecule is CN(CCCCCC(=O)Oc1ccc(CNCc2ccc(C(=O)N(C)CCN3CCC(OC(=O)Nc4ccccc4-c4ccccc4)CC3)cc2)cc1)C(=O)CO[C@H]1Cc2ccccc2C12CCN(CC[C@]1(c3ccc(F)cc3)CN(C(=O)c3cc(C(F)(F)F)cc(C(F)(F)F)c3)CO1)CC2. The number of hydrogen-bond acceptors (Lipinski definition) is 12. The Morgan fingerprint density at radius 3 is 1.97 bits per heavy atom. The quantitative estimate of drug-likeness (QED) is 0.0229. The first kappa shape index (κ1) is 73.2. The smallest absolute Gasteiger partial charge is 0.416 e. The number of carbonyl (C=O) groups is 5. The second kappa shape index (κ2) is 32.8. The van der Waals surface area contributed by atoms with E-state index < -0.39 is 64.6 Å². The molecular weight excluding hydrogens is 1310 g/mol. The molecule has 3 saturated heterocycles. The van der Waals surface area contributed by atoms with Crippen LogP contribution in [0.5, 0.6) is 5.75 Å². The molecule has 1 aliphatic carbocycles. The van der Waals surface area contributed by atoms with Crippen LogP contribution in [0.3, 0.4) is 0 Å². The Hall–Kier alpha value is -9.00. The Labute approximate surface area is 583 Å². The number of carbonyl (C=O) groups excluding carboxylic acids is 5. The molecule has 4 amide bonds. The van der Waals surface area contributed by atoms with Crippen molar-refractivity contribution >= 4 is 35.5 Å². The van der Waals surface area contributed by atoms with Gasteiger partial charge < -0.3 is 48.8 Å². The Kier molecular flexibility index (Phi) is 23.8. The normalized spacial score (nSPS) is 17.9. The lowest BCUT2D eigenvalue weighted by Gasteiger charge is -2.44. The fourth-order valence-corrected chi connectivity index (χ4v) is 14.1. The van der Waals surface area contributed by atoms with Crippen molar-refractivity contribution in [1.29, 1.82) is 0 Å². The van der Waals surface area contributed by atoms with Crippen LogP contribution in [0.25, 0.3) is 11.1 Å². The van der Waals surface area contributed by atoms with Crippen LogP contribution < -0.4 is 15.4 Å². The second-order valence-corrected chi connectivity index (χ2v) is 26.7. The summed E-state index contributed by atoms with van der Waals surface area (Å²) in [6, 6.07) is 46.9. The number of benzene rings is 7. The zero-order valence-corrected chi connectivity index (χ0v) is 56.6. The number of halogens is 7. The van der Waals surface area contributed by atoms with Crippen molar-refractivity contribution in [3.05, 3.63) is 226 Å². The highest BCUT2D eigenvalue weighted by Gasteiger charge is 2.50. The van der Waals surface area contributed by atoms with E-state index in [9.17, 15) is 54.7 Å². The topological polar surface area (TPSA) is 163 Å². The molecule has 1 spiro atoms. The summed E-state index contributed by atoms with van der Waals surface area (Å²) >= 11 is 0. The Bertz CT molecular complexity index is 3950. The average molecular weight is 1400 g/mol. The molecule has 0 bridgehead atoms. The fraction of sp³-hybridized carbons (Fsp3) is 0.397. The van der Waals surface area contributed by atoms with Gasteiger partial charge in [-0.3, -0.25) is 24.5 Å². The van der Waals surface area contributed by atoms with Gasteiger partial charge in [0.05, 0.1) is 29.5 Å². The van der Waals surface area contributed by atoms with E-state index in [0.29, 0.717) is 138 Å². The molecule has 3 aliphatic heterocycles. The van der Waals surface area contributed by atoms with E-state index in [1.807, 2.05) is 110 Å². The van der Waals surface area contributed by atoms with Crippen molar-refractivity contribution in [2.45, 2.75) is 113 Å². The number of likely N-dealkylation sites (N-methyl/N-ethyl adjacent to an activating group) is 2. The number of fused-ring (bicyclic) bond motifs is 2. The molecule has 2 atom stereocenters. The number of nitrogens with one attached hydrogen (secondary N) is 2. The van der Waals surface area contributed by atoms with E-state index in [1.54, 1.807) is 29.0 Å². The van der Waals surface area contributed by atoms with Crippen molar-refractivity contribution in [1.82, 2.24) is 29.8 Å². The maximum Gasteiger partial charge on any atom is 0.416 e. The number of hydrogen-bond donors (Lipinski definition) is 2. The van der Waals surface area contributed by atoms with Crippen molar-refractivity contribution in [2.24, 2.45) is 0 Å². The first-order valence-electron chi connectivity index (χ1n) is 34.4. The summed E-state index contributed by atoms with van der Waals surface area (Å²) < 4.78 is 121. The second-order valence-electron chi connectivity index (χ2n) is 26.7. The standard InChI is InChI=1S/C78H84F7N7O9/c1-88(70(93)51-98-69-47-58-15-8-10-17-67(58)75(69)34-40-91(41-35-75)42-36-76(60-26-28-63(79)29-27-60)52-92(53-99-76)73(96)59-45-61(77(80,81)82)48-62(46-59)78(83,84)85)37-12-4-7-19-71(94)100-64-30-22-55(23-31-64)50-86-49-54-20-24-57(25-21-54)72(95)89(2)43-44-90-38-32-65(33-39-90)101-74(97)87-68-18-11-9-16-66(68)56-13-5-3-6-14-56/h3,5-6,8-11,13-18,20-31,45-46,48,65,69,86H,4,7,12,19,32-44,47,49-53H2,1-2H3,(H,87,97)/t69-,76+/m0/s1. The first-order valence-corrected chi connectivity index (χ1v) is 34.4. The van der Waals surface area contributed by atoms with Crippen LogP contribution in [0.4, 0.5) is 41.2 Å². The van der Waals surface area contributed by atoms with Crippen LogP contribution in [0.2, 0.25) is 0 Å². The number of amides is 4. The van der Waals surface area contributed by atoms with Gasteiger partial charge in [0, 0.05) is 95.0 Å². The van der Waals surface area contributed by atoms with Gasteiger partial charge in [-0.05, 0) is 159 Å². The van der Waals surface area contributed by atoms with E-state index >= 15 is 0 Å². The number of unbranched alkanes of at least 4 members (excludes halogenated alkanes) is 2. The molecule has 0 unspecified atom stereocenters. The molecule has 16 nitrogen and oxygen atoms in total. The maximum atomic E-state index is 14.2. The molecule has 2 N–H and O–H groups in total. The molecule has 3 fully saturated rings. The van der Waals surface area contributed by atoms with Gasteiger partial charge in [0.1, 0.15) is 36.6 Å². The van der Waals surface area contributed by atoms with Crippen LogP contribution in [0.15, 0.2) is 170 Å². The van der Waals surface area contributed by atoms with Crippen LogP contribution >= 0.6 is 0 Å². The zero-order valence-electron chi connectivity index (χ0n) is 56.6. The highest BCUT2D eigenvalue weighted by molar-refractivity contribution is 5.95. The predicted molar refractivity (Wildman–Crippen MR) is 367 cm³/mol. The van der Waals surface area contributed by atoms with Crippen molar-refractivity contribution in [3.8, 4) is 16.9 Å². The van der Waals surface area contributed by atoms with E-state index in [2.05, 4.69) is 32.6 Å². The van der Waals surface area contributed by atoms with Crippen molar-refractivity contribution in [2.75, 3.05) is 91.7 Å². The van der Waals surface area contributed by atoms with Crippen LogP contribution in [-0.2, 0) is 66.7 Å². The summed E-state index contributed by atoms with van der Waals surface area (Å²) in [4.78, 5) is 75.4. The predicted octanol–water partition coefficient (Wildman–Crippen LogP) is 13.9. The number of anilines is 1. The third-order valence-corrected chi connectivity index (χ3v) is 20.0. The molecule has 7 aromatic carbocycles. The Morgan fingerprint density at radius 1 is 0.653 bits per heavy atom. The van der Waals surface area contributed by atoms with Gasteiger partial charge in [-0.25, -0.2) is 9.18 Å². The molecule has 4 aliphatic rings. The molecular formula is C78H84F7N7O9. The van der Waals surface area contributed by atoms with Crippen molar-refractivity contribution < 1.29 is 73.7 Å². The largest absolute Gasteiger partial charge is 0.446 e. The number of alkyl halides is 6. The van der Waals surface area contributed by atoms with Crippen LogP contribution in [-0.4, -0.2) is 153 Å². The third-order valence-electron chi connectivity index (χ3n) is 20.0. The molecule has 101 heavy (non-hydrogen) atoms. The molecule has 23 heteroatoms. The lowest BCUT2D eigenvalue weighted by atomic mass is 9.72. The monoisotopic (exact) mass is 1400 g/mol. The number of piperidine rings is 2. The molecule has 0 aromatic heterocycles. The van der Waals surface area contributed by atoms with Crippen molar-refractivity contribution in [3.63, 3.8) is 0 Å². The minimum absolute atomic E-state index is 0.0288. The molecule has 534 valence electrons. The van der Waals surface area contributed by atoms with Gasteiger partial charge in [-0.2, -0.15) is 26.3 Å².